The maximum atomic E-state index is 9.75. The van der Waals surface area contributed by atoms with Crippen LogP contribution in [0, 0.1) is 10.1 Å². The van der Waals surface area contributed by atoms with E-state index in [1.54, 1.807) is 18.2 Å². The molecule has 0 spiro atoms. The van der Waals surface area contributed by atoms with E-state index in [-0.39, 0.29) is 5.75 Å². The minimum Gasteiger partial charge on any atom is -0.382 e. The van der Waals surface area contributed by atoms with Gasteiger partial charge < -0.3 is 4.74 Å². The number of hydrogen-bond acceptors (Lipinski definition) is 4. The summed E-state index contributed by atoms with van der Waals surface area (Å²) in [7, 11) is 0. The Hall–Kier alpha value is -1.62. The van der Waals surface area contributed by atoms with Crippen molar-refractivity contribution >= 4 is 0 Å². The number of nitrogens with zero attached hydrogens (tertiary/aromatic N) is 1. The van der Waals surface area contributed by atoms with Crippen molar-refractivity contribution in [3.05, 3.63) is 40.4 Å². The molecule has 0 saturated carbocycles. The van der Waals surface area contributed by atoms with Gasteiger partial charge in [-0.1, -0.05) is 18.2 Å². The summed E-state index contributed by atoms with van der Waals surface area (Å²) in [6.07, 6.45) is 0. The van der Waals surface area contributed by atoms with Crippen molar-refractivity contribution in [3.8, 4) is 5.75 Å². The zero-order valence-electron chi connectivity index (χ0n) is 8.88. The first-order chi connectivity index (χ1) is 7.20. The first kappa shape index (κ1) is 13.4. The average Bonchev–Trinajstić information content (AvgIpc) is 2.20. The monoisotopic (exact) mass is 213 g/mol. The number of ether oxygens (including phenoxy) is 1. The second kappa shape index (κ2) is 8.96. The lowest BCUT2D eigenvalue weighted by Gasteiger charge is -1.93. The summed E-state index contributed by atoms with van der Waals surface area (Å²) in [6, 6.07) is 8.12. The quantitative estimate of drug-likeness (QED) is 0.568. The van der Waals surface area contributed by atoms with Crippen LogP contribution in [-0.4, -0.2) is 18.3 Å². The van der Waals surface area contributed by atoms with Gasteiger partial charge in [-0.05, 0) is 26.0 Å². The topological polar surface area (TPSA) is 61.6 Å². The number of rotatable bonds is 4. The maximum absolute atomic E-state index is 9.75. The highest BCUT2D eigenvalue weighted by atomic mass is 17.0. The molecule has 0 aliphatic heterocycles. The predicted molar refractivity (Wildman–Crippen MR) is 56.2 cm³/mol. The van der Waals surface area contributed by atoms with Crippen LogP contribution in [0.1, 0.15) is 13.8 Å². The van der Waals surface area contributed by atoms with Gasteiger partial charge in [0.25, 0.3) is 5.09 Å². The molecule has 5 heteroatoms. The highest BCUT2D eigenvalue weighted by molar-refractivity contribution is 5.19. The van der Waals surface area contributed by atoms with E-state index in [2.05, 4.69) is 4.84 Å². The second-order valence-corrected chi connectivity index (χ2v) is 2.41. The number of hydrogen-bond donors (Lipinski definition) is 0. The Morgan fingerprint density at radius 2 is 1.73 bits per heavy atom. The Morgan fingerprint density at radius 1 is 1.20 bits per heavy atom. The van der Waals surface area contributed by atoms with Crippen molar-refractivity contribution in [1.82, 2.24) is 0 Å². The molecule has 0 aliphatic rings. The standard InChI is InChI=1S/C6H5NO3.C4H10O/c8-7(9)10-6-4-2-1-3-5-6;1-3-5-4-2/h1-5H;3-4H2,1-2H3. The van der Waals surface area contributed by atoms with Crippen molar-refractivity contribution in [2.45, 2.75) is 13.8 Å². The third-order valence-electron chi connectivity index (χ3n) is 1.33. The molecule has 5 nitrogen and oxygen atoms in total. The van der Waals surface area contributed by atoms with Crippen LogP contribution >= 0.6 is 0 Å². The second-order valence-electron chi connectivity index (χ2n) is 2.41. The van der Waals surface area contributed by atoms with Gasteiger partial charge in [-0.25, -0.2) is 0 Å². The molecule has 84 valence electrons. The molecule has 0 amide bonds. The Labute approximate surface area is 88.7 Å². The Bertz CT molecular complexity index is 261. The molecule has 0 saturated heterocycles. The van der Waals surface area contributed by atoms with E-state index in [0.717, 1.165) is 13.2 Å². The minimum atomic E-state index is -0.838. The van der Waals surface area contributed by atoms with Crippen LogP contribution in [0.5, 0.6) is 5.75 Å². The fourth-order valence-corrected chi connectivity index (χ4v) is 0.772. The molecule has 1 rings (SSSR count). The fourth-order valence-electron chi connectivity index (χ4n) is 0.772. The maximum Gasteiger partial charge on any atom is 0.299 e. The SMILES string of the molecule is CCOCC.O=[N+]([O-])Oc1ccccc1. The van der Waals surface area contributed by atoms with Crippen molar-refractivity contribution in [1.29, 1.82) is 0 Å². The summed E-state index contributed by atoms with van der Waals surface area (Å²) < 4.78 is 4.83. The highest BCUT2D eigenvalue weighted by Gasteiger charge is 1.94. The zero-order valence-corrected chi connectivity index (χ0v) is 8.88. The van der Waals surface area contributed by atoms with Gasteiger partial charge in [0.15, 0.2) is 0 Å². The molecule has 0 heterocycles. The van der Waals surface area contributed by atoms with E-state index in [0.29, 0.717) is 0 Å². The Morgan fingerprint density at radius 3 is 2.07 bits per heavy atom. The van der Waals surface area contributed by atoms with Crippen LogP contribution in [-0.2, 0) is 4.74 Å². The molecule has 0 bridgehead atoms. The fraction of sp³-hybridized carbons (Fsp3) is 0.400. The first-order valence-corrected chi connectivity index (χ1v) is 4.65. The van der Waals surface area contributed by atoms with Gasteiger partial charge in [-0.2, -0.15) is 0 Å². The van der Waals surface area contributed by atoms with Crippen molar-refractivity contribution in [3.63, 3.8) is 0 Å². The van der Waals surface area contributed by atoms with Crippen molar-refractivity contribution in [2.75, 3.05) is 13.2 Å². The molecule has 0 radical (unpaired) electrons. The van der Waals surface area contributed by atoms with Gasteiger partial charge in [-0.15, -0.1) is 10.1 Å². The summed E-state index contributed by atoms with van der Waals surface area (Å²) in [5, 5.41) is 8.91. The largest absolute Gasteiger partial charge is 0.382 e. The lowest BCUT2D eigenvalue weighted by Crippen LogP contribution is -2.02. The molecular formula is C10H15NO4. The van der Waals surface area contributed by atoms with Crippen LogP contribution in [0.15, 0.2) is 30.3 Å². The smallest absolute Gasteiger partial charge is 0.299 e. The lowest BCUT2D eigenvalue weighted by atomic mass is 10.3. The average molecular weight is 213 g/mol. The molecule has 0 aliphatic carbocycles. The van der Waals surface area contributed by atoms with E-state index >= 15 is 0 Å². The zero-order chi connectivity index (χ0) is 11.5. The summed E-state index contributed by atoms with van der Waals surface area (Å²) in [4.78, 5) is 13.9. The molecule has 1 aromatic rings. The van der Waals surface area contributed by atoms with Gasteiger partial charge in [0, 0.05) is 13.2 Å². The van der Waals surface area contributed by atoms with Gasteiger partial charge in [0.1, 0.15) is 5.75 Å². The highest BCUT2D eigenvalue weighted by Crippen LogP contribution is 2.07. The first-order valence-electron chi connectivity index (χ1n) is 4.65. The minimum absolute atomic E-state index is 0.243. The molecule has 0 aromatic heterocycles. The normalized spacial score (nSPS) is 8.67. The molecule has 1 aromatic carbocycles. The summed E-state index contributed by atoms with van der Waals surface area (Å²) >= 11 is 0. The number of benzene rings is 1. The molecule has 15 heavy (non-hydrogen) atoms. The van der Waals surface area contributed by atoms with Crippen LogP contribution in [0.3, 0.4) is 0 Å². The third-order valence-corrected chi connectivity index (χ3v) is 1.33. The lowest BCUT2D eigenvalue weighted by molar-refractivity contribution is -0.711. The van der Waals surface area contributed by atoms with Crippen LogP contribution in [0.2, 0.25) is 0 Å². The summed E-state index contributed by atoms with van der Waals surface area (Å²) in [5.41, 5.74) is 0. The molecule has 0 fully saturated rings. The van der Waals surface area contributed by atoms with E-state index in [9.17, 15) is 10.1 Å². The third kappa shape index (κ3) is 8.70. The van der Waals surface area contributed by atoms with Crippen LogP contribution in [0.4, 0.5) is 0 Å². The predicted octanol–water partition coefficient (Wildman–Crippen LogP) is 2.30. The summed E-state index contributed by atoms with van der Waals surface area (Å²) in [5.74, 6) is 0.243. The Balaban J connectivity index is 0.000000336. The van der Waals surface area contributed by atoms with Crippen LogP contribution < -0.4 is 4.84 Å². The van der Waals surface area contributed by atoms with E-state index in [1.165, 1.54) is 12.1 Å². The van der Waals surface area contributed by atoms with E-state index in [4.69, 9.17) is 4.74 Å². The van der Waals surface area contributed by atoms with Gasteiger partial charge >= 0.3 is 0 Å². The number of para-hydroxylation sites is 1. The van der Waals surface area contributed by atoms with Crippen molar-refractivity contribution in [2.24, 2.45) is 0 Å². The molecular weight excluding hydrogens is 198 g/mol. The van der Waals surface area contributed by atoms with Gasteiger partial charge in [-0.3, -0.25) is 4.84 Å². The Kier molecular flexibility index (Phi) is 7.99. The van der Waals surface area contributed by atoms with Gasteiger partial charge in [0.05, 0.1) is 0 Å². The summed E-state index contributed by atoms with van der Waals surface area (Å²) in [6.45, 7) is 5.67. The van der Waals surface area contributed by atoms with Gasteiger partial charge in [0.2, 0.25) is 0 Å². The van der Waals surface area contributed by atoms with Crippen LogP contribution in [0.25, 0.3) is 0 Å². The molecule has 0 unspecified atom stereocenters. The van der Waals surface area contributed by atoms with Crippen molar-refractivity contribution < 1.29 is 14.7 Å². The van der Waals surface area contributed by atoms with E-state index in [1.807, 2.05) is 13.8 Å². The molecule has 0 N–H and O–H groups in total. The van der Waals surface area contributed by atoms with E-state index < -0.39 is 5.09 Å². The molecule has 0 atom stereocenters.